The van der Waals surface area contributed by atoms with Crippen molar-refractivity contribution in [2.45, 2.75) is 72.0 Å². The van der Waals surface area contributed by atoms with Gasteiger partial charge in [0.2, 0.25) is 0 Å². The first-order valence-electron chi connectivity index (χ1n) is 16.6. The Bertz CT molecular complexity index is 2330. The van der Waals surface area contributed by atoms with Crippen molar-refractivity contribution in [2.24, 2.45) is 0 Å². The number of nitrogens with zero attached hydrogens (tertiary/aromatic N) is 3. The summed E-state index contributed by atoms with van der Waals surface area (Å²) in [6.07, 6.45) is 3.92. The summed E-state index contributed by atoms with van der Waals surface area (Å²) in [7, 11) is -1.45. The molecule has 48 heavy (non-hydrogen) atoms. The summed E-state index contributed by atoms with van der Waals surface area (Å²) < 4.78 is 2.44. The van der Waals surface area contributed by atoms with Gasteiger partial charge in [0.15, 0.2) is 0 Å². The number of fused-ring (bicyclic) bond motifs is 5. The average molecular weight is 822 g/mol. The van der Waals surface area contributed by atoms with E-state index in [1.54, 1.807) is 0 Å². The molecule has 0 amide bonds. The Hall–Kier alpha value is -3.89. The molecule has 0 spiro atoms. The Morgan fingerprint density at radius 1 is 0.708 bits per heavy atom. The van der Waals surface area contributed by atoms with E-state index in [0.29, 0.717) is 0 Å². The van der Waals surface area contributed by atoms with Gasteiger partial charge in [-0.15, -0.1) is 59.0 Å². The van der Waals surface area contributed by atoms with E-state index in [-0.39, 0.29) is 30.9 Å². The summed E-state index contributed by atoms with van der Waals surface area (Å²) in [6.45, 7) is 20.5. The number of para-hydroxylation sites is 1. The largest absolute Gasteiger partial charge is 0.351 e. The Balaban J connectivity index is 0.000000172. The molecule has 5 heteroatoms. The van der Waals surface area contributed by atoms with Crippen LogP contribution in [0.3, 0.4) is 0 Å². The molecular formula is C43H43IrN3Si-2. The predicted octanol–water partition coefficient (Wildman–Crippen LogP) is 10.9. The van der Waals surface area contributed by atoms with Gasteiger partial charge in [-0.25, -0.2) is 0 Å². The minimum atomic E-state index is -1.45. The maximum absolute atomic E-state index is 4.79. The third-order valence-corrected chi connectivity index (χ3v) is 11.4. The van der Waals surface area contributed by atoms with Gasteiger partial charge in [0.05, 0.1) is 8.07 Å². The number of hydrogen-bond acceptors (Lipinski definition) is 2. The monoisotopic (exact) mass is 822 g/mol. The van der Waals surface area contributed by atoms with E-state index >= 15 is 0 Å². The van der Waals surface area contributed by atoms with E-state index in [4.69, 9.17) is 4.98 Å². The molecule has 0 aliphatic carbocycles. The van der Waals surface area contributed by atoms with Gasteiger partial charge in [-0.3, -0.25) is 0 Å². The molecule has 0 aliphatic heterocycles. The van der Waals surface area contributed by atoms with Crippen molar-refractivity contribution in [2.75, 3.05) is 0 Å². The summed E-state index contributed by atoms with van der Waals surface area (Å²) in [5, 5.41) is 7.70. The first-order chi connectivity index (χ1) is 22.2. The molecule has 0 bridgehead atoms. The molecule has 4 aromatic carbocycles. The van der Waals surface area contributed by atoms with Gasteiger partial charge in [-0.05, 0) is 67.5 Å². The quantitative estimate of drug-likeness (QED) is 0.0753. The molecule has 3 nitrogen and oxygen atoms in total. The average Bonchev–Trinajstić information content (AvgIpc) is 3.38. The van der Waals surface area contributed by atoms with Crippen LogP contribution in [0.4, 0.5) is 0 Å². The van der Waals surface area contributed by atoms with E-state index < -0.39 is 8.07 Å². The van der Waals surface area contributed by atoms with Crippen molar-refractivity contribution in [3.8, 4) is 11.3 Å². The molecule has 0 fully saturated rings. The Morgan fingerprint density at radius 2 is 1.44 bits per heavy atom. The predicted molar refractivity (Wildman–Crippen MR) is 204 cm³/mol. The first-order valence-corrected chi connectivity index (χ1v) is 20.1. The summed E-state index contributed by atoms with van der Waals surface area (Å²) >= 11 is 0. The van der Waals surface area contributed by atoms with Gasteiger partial charge in [0.25, 0.3) is 0 Å². The minimum Gasteiger partial charge on any atom is -0.351 e. The summed E-state index contributed by atoms with van der Waals surface area (Å²) in [5.74, 6) is 0. The second kappa shape index (κ2) is 12.2. The zero-order valence-electron chi connectivity index (χ0n) is 29.4. The van der Waals surface area contributed by atoms with Crippen LogP contribution in [0.25, 0.3) is 60.3 Å². The van der Waals surface area contributed by atoms with Crippen LogP contribution in [0.5, 0.6) is 0 Å². The SMILES string of the molecule is CC(C)(C)c1c[c-]c(-c2ccc(C(C)(C)C)cn2)cc1.C[Si](C)(C)c1cc2ccnc3c4[c-]ccc5c6ccccc6n(c(c1)c23)c45.[Ir]. The first kappa shape index (κ1) is 34.0. The molecule has 1 radical (unpaired) electrons. The number of hydrogen-bond donors (Lipinski definition) is 0. The summed E-state index contributed by atoms with van der Waals surface area (Å²) in [4.78, 5) is 9.37. The molecule has 0 unspecified atom stereocenters. The van der Waals surface area contributed by atoms with Crippen LogP contribution < -0.4 is 5.19 Å². The van der Waals surface area contributed by atoms with Crippen LogP contribution in [-0.4, -0.2) is 22.4 Å². The molecule has 0 atom stereocenters. The molecule has 4 aromatic heterocycles. The van der Waals surface area contributed by atoms with Crippen LogP contribution in [0.1, 0.15) is 52.7 Å². The topological polar surface area (TPSA) is 30.2 Å². The molecule has 8 aromatic rings. The smallest absolute Gasteiger partial charge is 0.0777 e. The van der Waals surface area contributed by atoms with Crippen molar-refractivity contribution < 1.29 is 20.1 Å². The number of benzene rings is 4. The van der Waals surface area contributed by atoms with Crippen molar-refractivity contribution in [1.29, 1.82) is 0 Å². The van der Waals surface area contributed by atoms with Crippen LogP contribution in [0.15, 0.2) is 97.3 Å². The van der Waals surface area contributed by atoms with Crippen molar-refractivity contribution in [1.82, 2.24) is 14.4 Å². The van der Waals surface area contributed by atoms with Crippen molar-refractivity contribution in [3.63, 3.8) is 0 Å². The zero-order valence-corrected chi connectivity index (χ0v) is 32.8. The molecule has 4 heterocycles. The maximum Gasteiger partial charge on any atom is 0.0777 e. The minimum absolute atomic E-state index is 0. The fraction of sp³-hybridized carbons (Fsp3) is 0.256. The molecule has 0 aliphatic rings. The molecule has 8 rings (SSSR count). The third-order valence-electron chi connectivity index (χ3n) is 9.40. The van der Waals surface area contributed by atoms with E-state index in [1.165, 1.54) is 54.4 Å². The molecule has 245 valence electrons. The van der Waals surface area contributed by atoms with E-state index in [9.17, 15) is 0 Å². The van der Waals surface area contributed by atoms with Crippen LogP contribution in [0.2, 0.25) is 19.6 Å². The number of pyridine rings is 3. The standard InChI is InChI=1S/C24H19N2Si.C19H24N.Ir/c1-27(2,3)16-13-15-11-12-25-23-19-9-6-8-18-17-7-4-5-10-20(17)26(24(18)19)21(14-16)22(15)23;1-18(2,3)15-9-7-14(8-10-15)17-12-11-16(13-20-17)19(4,5)6;/h4-8,10-14H,1-3H3;7,9-13H,1-6H3;/q2*-1;. The summed E-state index contributed by atoms with van der Waals surface area (Å²) in [5.41, 5.74) is 9.73. The van der Waals surface area contributed by atoms with Crippen LogP contribution in [0, 0.1) is 12.1 Å². The summed E-state index contributed by atoms with van der Waals surface area (Å²) in [6, 6.07) is 37.3. The van der Waals surface area contributed by atoms with Gasteiger partial charge < -0.3 is 14.4 Å². The fourth-order valence-corrected chi connectivity index (χ4v) is 7.69. The molecular weight excluding hydrogens is 779 g/mol. The zero-order chi connectivity index (χ0) is 33.3. The van der Waals surface area contributed by atoms with Crippen molar-refractivity contribution >= 4 is 62.3 Å². The molecule has 0 N–H and O–H groups in total. The molecule has 0 saturated carbocycles. The number of aromatic nitrogens is 3. The van der Waals surface area contributed by atoms with Gasteiger partial charge in [0.1, 0.15) is 0 Å². The van der Waals surface area contributed by atoms with Crippen molar-refractivity contribution in [3.05, 3.63) is 121 Å². The van der Waals surface area contributed by atoms with E-state index in [1.807, 2.05) is 18.5 Å². The van der Waals surface area contributed by atoms with Crippen LogP contribution in [-0.2, 0) is 30.9 Å². The van der Waals surface area contributed by atoms with E-state index in [2.05, 4.69) is 162 Å². The second-order valence-corrected chi connectivity index (χ2v) is 21.0. The van der Waals surface area contributed by atoms with Gasteiger partial charge in [-0.2, -0.15) is 0 Å². The fourth-order valence-electron chi connectivity index (χ4n) is 6.53. The van der Waals surface area contributed by atoms with Gasteiger partial charge in [0, 0.05) is 43.5 Å². The Labute approximate surface area is 299 Å². The maximum atomic E-state index is 4.79. The van der Waals surface area contributed by atoms with E-state index in [0.717, 1.165) is 22.2 Å². The third kappa shape index (κ3) is 5.98. The second-order valence-electron chi connectivity index (χ2n) is 15.9. The van der Waals surface area contributed by atoms with Gasteiger partial charge in [-0.1, -0.05) is 108 Å². The normalized spacial score (nSPS) is 12.5. The Morgan fingerprint density at radius 3 is 2.08 bits per heavy atom. The van der Waals surface area contributed by atoms with Gasteiger partial charge >= 0.3 is 0 Å². The van der Waals surface area contributed by atoms with Crippen LogP contribution >= 0.6 is 0 Å². The molecule has 0 saturated heterocycles. The number of rotatable bonds is 2. The Kier molecular flexibility index (Phi) is 8.65.